The normalized spacial score (nSPS) is 10.2. The summed E-state index contributed by atoms with van der Waals surface area (Å²) in [6.45, 7) is 5.07. The summed E-state index contributed by atoms with van der Waals surface area (Å²) in [5.41, 5.74) is 1.87. The number of amides is 1. The first-order valence-electron chi connectivity index (χ1n) is 6.87. The molecule has 0 fully saturated rings. The Morgan fingerprint density at radius 1 is 1.24 bits per heavy atom. The zero-order chi connectivity index (χ0) is 15.2. The third-order valence-electron chi connectivity index (χ3n) is 3.24. The number of hydrogen-bond acceptors (Lipinski definition) is 4. The van der Waals surface area contributed by atoms with Crippen LogP contribution < -0.4 is 9.47 Å². The summed E-state index contributed by atoms with van der Waals surface area (Å²) in [4.78, 5) is 13.8. The Morgan fingerprint density at radius 3 is 2.57 bits per heavy atom. The van der Waals surface area contributed by atoms with E-state index >= 15 is 0 Å². The van der Waals surface area contributed by atoms with E-state index in [1.165, 1.54) is 0 Å². The number of ether oxygens (including phenoxy) is 2. The molecular formula is C16H19NO3S. The van der Waals surface area contributed by atoms with Crippen molar-refractivity contribution in [2.75, 3.05) is 20.2 Å². The first-order valence-corrected chi connectivity index (χ1v) is 7.81. The Balaban J connectivity index is 2.39. The van der Waals surface area contributed by atoms with Crippen LogP contribution in [0.15, 0.2) is 35.0 Å². The molecule has 0 radical (unpaired) electrons. The number of carbonyl (C=O) groups is 1. The molecule has 0 unspecified atom stereocenters. The first-order chi connectivity index (χ1) is 10.2. The minimum Gasteiger partial charge on any atom is -0.493 e. The number of hydrogen-bond donors (Lipinski definition) is 0. The van der Waals surface area contributed by atoms with E-state index in [0.29, 0.717) is 24.6 Å². The standard InChI is InChI=1S/C16H19NO3S/c1-4-17(5-2)16(18)20-15-13(12-9-10-21-11-12)7-6-8-14(15)19-3/h6-11H,4-5H2,1-3H3. The molecule has 0 aliphatic rings. The number of carbonyl (C=O) groups excluding carboxylic acids is 1. The molecule has 0 aliphatic heterocycles. The Bertz CT molecular complexity index is 592. The van der Waals surface area contributed by atoms with Gasteiger partial charge < -0.3 is 14.4 Å². The van der Waals surface area contributed by atoms with Crippen molar-refractivity contribution in [1.82, 2.24) is 4.90 Å². The SMILES string of the molecule is CCN(CC)C(=O)Oc1c(OC)cccc1-c1ccsc1. The molecule has 2 aromatic rings. The lowest BCUT2D eigenvalue weighted by Gasteiger charge is -2.20. The Hall–Kier alpha value is -2.01. The Kier molecular flexibility index (Phi) is 5.22. The van der Waals surface area contributed by atoms with E-state index in [2.05, 4.69) is 0 Å². The molecular weight excluding hydrogens is 286 g/mol. The summed E-state index contributed by atoms with van der Waals surface area (Å²) in [5, 5.41) is 4.01. The quantitative estimate of drug-likeness (QED) is 0.828. The summed E-state index contributed by atoms with van der Waals surface area (Å²) in [6, 6.07) is 7.60. The number of nitrogens with zero attached hydrogens (tertiary/aromatic N) is 1. The predicted molar refractivity (Wildman–Crippen MR) is 85.3 cm³/mol. The second-order valence-corrected chi connectivity index (χ2v) is 5.17. The van der Waals surface area contributed by atoms with Gasteiger partial charge in [-0.2, -0.15) is 11.3 Å². The summed E-state index contributed by atoms with van der Waals surface area (Å²) in [6.07, 6.45) is -0.360. The highest BCUT2D eigenvalue weighted by Crippen LogP contribution is 2.39. The fourth-order valence-electron chi connectivity index (χ4n) is 2.06. The van der Waals surface area contributed by atoms with Gasteiger partial charge in [0.2, 0.25) is 0 Å². The second-order valence-electron chi connectivity index (χ2n) is 4.39. The van der Waals surface area contributed by atoms with Gasteiger partial charge in [0.1, 0.15) is 0 Å². The number of methoxy groups -OCH3 is 1. The van der Waals surface area contributed by atoms with Crippen LogP contribution in [-0.4, -0.2) is 31.2 Å². The minimum absolute atomic E-state index is 0.360. The van der Waals surface area contributed by atoms with E-state index in [-0.39, 0.29) is 6.09 Å². The molecule has 0 spiro atoms. The van der Waals surface area contributed by atoms with Crippen LogP contribution >= 0.6 is 11.3 Å². The number of benzene rings is 1. The highest BCUT2D eigenvalue weighted by atomic mass is 32.1. The average Bonchev–Trinajstić information content (AvgIpc) is 3.02. The van der Waals surface area contributed by atoms with E-state index in [4.69, 9.17) is 9.47 Å². The van der Waals surface area contributed by atoms with Gasteiger partial charge >= 0.3 is 6.09 Å². The monoisotopic (exact) mass is 305 g/mol. The van der Waals surface area contributed by atoms with Crippen LogP contribution in [0.1, 0.15) is 13.8 Å². The molecule has 0 saturated heterocycles. The molecule has 1 aromatic carbocycles. The highest BCUT2D eigenvalue weighted by molar-refractivity contribution is 7.08. The summed E-state index contributed by atoms with van der Waals surface area (Å²) < 4.78 is 10.9. The largest absolute Gasteiger partial charge is 0.493 e. The summed E-state index contributed by atoms with van der Waals surface area (Å²) in [7, 11) is 1.57. The molecule has 0 N–H and O–H groups in total. The van der Waals surface area contributed by atoms with E-state index in [1.54, 1.807) is 29.4 Å². The van der Waals surface area contributed by atoms with E-state index in [1.807, 2.05) is 42.8 Å². The van der Waals surface area contributed by atoms with Gasteiger partial charge in [0.15, 0.2) is 11.5 Å². The zero-order valence-corrected chi connectivity index (χ0v) is 13.3. The van der Waals surface area contributed by atoms with Gasteiger partial charge in [0.05, 0.1) is 7.11 Å². The lowest BCUT2D eigenvalue weighted by Crippen LogP contribution is -2.33. The van der Waals surface area contributed by atoms with Gasteiger partial charge in [0.25, 0.3) is 0 Å². The fraction of sp³-hybridized carbons (Fsp3) is 0.312. The number of para-hydroxylation sites is 1. The molecule has 21 heavy (non-hydrogen) atoms. The topological polar surface area (TPSA) is 38.8 Å². The van der Waals surface area contributed by atoms with Gasteiger partial charge in [-0.05, 0) is 42.3 Å². The molecule has 5 heteroatoms. The molecule has 4 nitrogen and oxygen atoms in total. The third-order valence-corrected chi connectivity index (χ3v) is 3.93. The minimum atomic E-state index is -0.360. The second kappa shape index (κ2) is 7.13. The molecule has 0 bridgehead atoms. The van der Waals surface area contributed by atoms with Crippen molar-refractivity contribution in [2.45, 2.75) is 13.8 Å². The smallest absolute Gasteiger partial charge is 0.415 e. The zero-order valence-electron chi connectivity index (χ0n) is 12.5. The van der Waals surface area contributed by atoms with E-state index in [0.717, 1.165) is 11.1 Å². The van der Waals surface area contributed by atoms with Crippen LogP contribution in [0.4, 0.5) is 4.79 Å². The molecule has 0 saturated carbocycles. The highest BCUT2D eigenvalue weighted by Gasteiger charge is 2.19. The molecule has 0 aliphatic carbocycles. The summed E-state index contributed by atoms with van der Waals surface area (Å²) in [5.74, 6) is 1.02. The van der Waals surface area contributed by atoms with Crippen LogP contribution in [0.3, 0.4) is 0 Å². The summed E-state index contributed by atoms with van der Waals surface area (Å²) >= 11 is 1.60. The van der Waals surface area contributed by atoms with Crippen molar-refractivity contribution >= 4 is 17.4 Å². The third kappa shape index (κ3) is 3.36. The lowest BCUT2D eigenvalue weighted by atomic mass is 10.1. The molecule has 1 heterocycles. The maximum atomic E-state index is 12.2. The van der Waals surface area contributed by atoms with E-state index < -0.39 is 0 Å². The van der Waals surface area contributed by atoms with Crippen LogP contribution in [0.5, 0.6) is 11.5 Å². The molecule has 112 valence electrons. The van der Waals surface area contributed by atoms with Gasteiger partial charge in [0, 0.05) is 18.7 Å². The van der Waals surface area contributed by atoms with E-state index in [9.17, 15) is 4.79 Å². The first kappa shape index (κ1) is 15.4. The van der Waals surface area contributed by atoms with Crippen molar-refractivity contribution in [3.8, 4) is 22.6 Å². The van der Waals surface area contributed by atoms with Gasteiger partial charge in [-0.15, -0.1) is 0 Å². The Morgan fingerprint density at radius 2 is 2.00 bits per heavy atom. The number of rotatable bonds is 5. The molecule has 1 amide bonds. The fourth-order valence-corrected chi connectivity index (χ4v) is 2.72. The average molecular weight is 305 g/mol. The molecule has 2 rings (SSSR count). The maximum Gasteiger partial charge on any atom is 0.415 e. The van der Waals surface area contributed by atoms with Crippen molar-refractivity contribution < 1.29 is 14.3 Å². The molecule has 0 atom stereocenters. The van der Waals surface area contributed by atoms with Gasteiger partial charge in [-0.25, -0.2) is 4.79 Å². The van der Waals surface area contributed by atoms with Crippen LogP contribution in [0.25, 0.3) is 11.1 Å². The van der Waals surface area contributed by atoms with Crippen LogP contribution in [0, 0.1) is 0 Å². The van der Waals surface area contributed by atoms with Gasteiger partial charge in [-0.3, -0.25) is 0 Å². The molecule has 1 aromatic heterocycles. The van der Waals surface area contributed by atoms with Crippen LogP contribution in [0.2, 0.25) is 0 Å². The van der Waals surface area contributed by atoms with Crippen molar-refractivity contribution in [3.63, 3.8) is 0 Å². The number of thiophene rings is 1. The predicted octanol–water partition coefficient (Wildman–Crippen LogP) is 4.26. The van der Waals surface area contributed by atoms with Gasteiger partial charge in [-0.1, -0.05) is 12.1 Å². The van der Waals surface area contributed by atoms with Crippen molar-refractivity contribution in [2.24, 2.45) is 0 Å². The van der Waals surface area contributed by atoms with Crippen molar-refractivity contribution in [3.05, 3.63) is 35.0 Å². The maximum absolute atomic E-state index is 12.2. The Labute approximate surface area is 128 Å². The lowest BCUT2D eigenvalue weighted by molar-refractivity contribution is 0.156. The van der Waals surface area contributed by atoms with Crippen molar-refractivity contribution in [1.29, 1.82) is 0 Å². The van der Waals surface area contributed by atoms with Crippen LogP contribution in [-0.2, 0) is 0 Å².